The number of hydrogen-bond acceptors (Lipinski definition) is 7. The van der Waals surface area contributed by atoms with E-state index in [0.717, 1.165) is 10.9 Å². The molecule has 2 rings (SSSR count). The number of carbonyl (C=O) groups is 6. The number of H-pyrrole nitrogens is 1. The van der Waals surface area contributed by atoms with Gasteiger partial charge in [-0.25, -0.2) is 4.79 Å². The highest BCUT2D eigenvalue weighted by molar-refractivity contribution is 5.95. The molecule has 0 saturated carbocycles. The summed E-state index contributed by atoms with van der Waals surface area (Å²) < 4.78 is 0. The number of rotatable bonds is 14. The van der Waals surface area contributed by atoms with Gasteiger partial charge in [0.15, 0.2) is 0 Å². The molecule has 200 valence electrons. The number of aromatic nitrogens is 1. The van der Waals surface area contributed by atoms with E-state index in [4.69, 9.17) is 16.6 Å². The van der Waals surface area contributed by atoms with Gasteiger partial charge in [0.25, 0.3) is 0 Å². The van der Waals surface area contributed by atoms with Crippen LogP contribution in [0.4, 0.5) is 0 Å². The van der Waals surface area contributed by atoms with Crippen LogP contribution in [0.25, 0.3) is 10.9 Å². The number of carboxylic acids is 2. The van der Waals surface area contributed by atoms with Crippen LogP contribution in [0.3, 0.4) is 0 Å². The number of carbonyl (C=O) groups excluding carboxylic acids is 4. The zero-order valence-corrected chi connectivity index (χ0v) is 20.0. The van der Waals surface area contributed by atoms with Crippen molar-refractivity contribution in [2.75, 3.05) is 0 Å². The Morgan fingerprint density at radius 3 is 2.22 bits per heavy atom. The van der Waals surface area contributed by atoms with Crippen molar-refractivity contribution in [1.82, 2.24) is 20.9 Å². The first-order chi connectivity index (χ1) is 17.4. The van der Waals surface area contributed by atoms with E-state index in [1.165, 1.54) is 6.92 Å². The minimum Gasteiger partial charge on any atom is -0.481 e. The summed E-state index contributed by atoms with van der Waals surface area (Å²) in [4.78, 5) is 74.4. The molecule has 0 bridgehead atoms. The van der Waals surface area contributed by atoms with Gasteiger partial charge in [0, 0.05) is 29.9 Å². The zero-order valence-electron chi connectivity index (χ0n) is 20.0. The first-order valence-electron chi connectivity index (χ1n) is 11.3. The molecule has 1 aromatic carbocycles. The SMILES string of the molecule is CC(NC(=O)C(CCC(=O)O)NC(=O)C(N)CC(N)=O)C(=O)NC(Cc1c[nH]c2ccccc12)C(=O)O. The van der Waals surface area contributed by atoms with Crippen LogP contribution in [0.1, 0.15) is 31.7 Å². The van der Waals surface area contributed by atoms with E-state index in [2.05, 4.69) is 20.9 Å². The van der Waals surface area contributed by atoms with Crippen molar-refractivity contribution in [3.8, 4) is 0 Å². The quantitative estimate of drug-likeness (QED) is 0.142. The van der Waals surface area contributed by atoms with E-state index in [-0.39, 0.29) is 12.8 Å². The van der Waals surface area contributed by atoms with Crippen LogP contribution < -0.4 is 27.4 Å². The van der Waals surface area contributed by atoms with Gasteiger partial charge in [0.1, 0.15) is 18.1 Å². The molecular weight excluding hydrogens is 488 g/mol. The highest BCUT2D eigenvalue weighted by atomic mass is 16.4. The number of hydrogen-bond donors (Lipinski definition) is 8. The number of aromatic amines is 1. The Kier molecular flexibility index (Phi) is 10.1. The molecule has 14 heteroatoms. The summed E-state index contributed by atoms with van der Waals surface area (Å²) >= 11 is 0. The van der Waals surface area contributed by atoms with Gasteiger partial charge in [-0.05, 0) is 25.0 Å². The van der Waals surface area contributed by atoms with E-state index in [1.54, 1.807) is 12.3 Å². The Balaban J connectivity index is 2.05. The van der Waals surface area contributed by atoms with E-state index >= 15 is 0 Å². The molecule has 14 nitrogen and oxygen atoms in total. The highest BCUT2D eigenvalue weighted by Gasteiger charge is 2.29. The smallest absolute Gasteiger partial charge is 0.326 e. The van der Waals surface area contributed by atoms with Gasteiger partial charge in [-0.15, -0.1) is 0 Å². The molecule has 0 aliphatic rings. The molecule has 0 saturated heterocycles. The lowest BCUT2D eigenvalue weighted by Gasteiger charge is -2.23. The Bertz CT molecular complexity index is 1180. The van der Waals surface area contributed by atoms with Crippen molar-refractivity contribution in [3.05, 3.63) is 36.0 Å². The minimum absolute atomic E-state index is 0.0270. The second kappa shape index (κ2) is 13.0. The fraction of sp³-hybridized carbons (Fsp3) is 0.391. The topological polar surface area (TPSA) is 247 Å². The summed E-state index contributed by atoms with van der Waals surface area (Å²) in [5, 5.41) is 26.3. The predicted octanol–water partition coefficient (Wildman–Crippen LogP) is -1.66. The molecule has 1 aromatic heterocycles. The largest absolute Gasteiger partial charge is 0.481 e. The van der Waals surface area contributed by atoms with Crippen molar-refractivity contribution in [3.63, 3.8) is 0 Å². The van der Waals surface area contributed by atoms with Gasteiger partial charge in [-0.2, -0.15) is 0 Å². The molecule has 10 N–H and O–H groups in total. The number of primary amides is 1. The number of benzene rings is 1. The lowest BCUT2D eigenvalue weighted by molar-refractivity contribution is -0.142. The van der Waals surface area contributed by atoms with Crippen LogP contribution in [-0.4, -0.2) is 74.9 Å². The third kappa shape index (κ3) is 8.61. The fourth-order valence-electron chi connectivity index (χ4n) is 3.52. The average Bonchev–Trinajstić information content (AvgIpc) is 3.23. The van der Waals surface area contributed by atoms with E-state index in [1.807, 2.05) is 18.2 Å². The minimum atomic E-state index is -1.39. The Morgan fingerprint density at radius 1 is 0.946 bits per heavy atom. The summed E-state index contributed by atoms with van der Waals surface area (Å²) in [6.07, 6.45) is 0.306. The zero-order chi connectivity index (χ0) is 27.7. The molecule has 4 atom stereocenters. The molecular formula is C23H30N6O8. The monoisotopic (exact) mass is 518 g/mol. The van der Waals surface area contributed by atoms with Gasteiger partial charge >= 0.3 is 11.9 Å². The van der Waals surface area contributed by atoms with Gasteiger partial charge in [0.05, 0.1) is 12.5 Å². The number of nitrogens with two attached hydrogens (primary N) is 2. The molecule has 0 aliphatic carbocycles. The van der Waals surface area contributed by atoms with Crippen LogP contribution >= 0.6 is 0 Å². The Morgan fingerprint density at radius 2 is 1.59 bits per heavy atom. The maximum atomic E-state index is 12.7. The molecule has 37 heavy (non-hydrogen) atoms. The number of aliphatic carboxylic acids is 2. The lowest BCUT2D eigenvalue weighted by atomic mass is 10.0. The second-order valence-electron chi connectivity index (χ2n) is 8.46. The van der Waals surface area contributed by atoms with Gasteiger partial charge in [0.2, 0.25) is 23.6 Å². The van der Waals surface area contributed by atoms with Gasteiger partial charge < -0.3 is 42.6 Å². The van der Waals surface area contributed by atoms with Crippen molar-refractivity contribution >= 4 is 46.5 Å². The van der Waals surface area contributed by atoms with Crippen molar-refractivity contribution in [1.29, 1.82) is 0 Å². The maximum Gasteiger partial charge on any atom is 0.326 e. The van der Waals surface area contributed by atoms with Crippen LogP contribution in [0, 0.1) is 0 Å². The maximum absolute atomic E-state index is 12.7. The molecule has 0 spiro atoms. The third-order valence-electron chi connectivity index (χ3n) is 5.50. The standard InChI is InChI=1S/C23H30N6O8/c1-11(27-22(35)16(6-7-19(31)32)28-21(34)14(24)9-18(25)30)20(33)29-17(23(36)37)8-12-10-26-15-5-3-2-4-13(12)15/h2-5,10-11,14,16-17,26H,6-9,24H2,1H3,(H2,25,30)(H,27,35)(H,28,34)(H,29,33)(H,31,32)(H,36,37). The summed E-state index contributed by atoms with van der Waals surface area (Å²) in [6.45, 7) is 1.30. The van der Waals surface area contributed by atoms with E-state index in [0.29, 0.717) is 5.56 Å². The number of para-hydroxylation sites is 1. The van der Waals surface area contributed by atoms with Crippen LogP contribution in [0.2, 0.25) is 0 Å². The first-order valence-corrected chi connectivity index (χ1v) is 11.3. The molecule has 4 amide bonds. The highest BCUT2D eigenvalue weighted by Crippen LogP contribution is 2.19. The molecule has 1 heterocycles. The molecule has 0 aliphatic heterocycles. The number of carboxylic acid groups (broad SMARTS) is 2. The van der Waals surface area contributed by atoms with Crippen molar-refractivity contribution in [2.24, 2.45) is 11.5 Å². The van der Waals surface area contributed by atoms with Crippen LogP contribution in [0.5, 0.6) is 0 Å². The first kappa shape index (κ1) is 28.8. The fourth-order valence-corrected chi connectivity index (χ4v) is 3.52. The Labute approximate surface area is 211 Å². The third-order valence-corrected chi connectivity index (χ3v) is 5.50. The van der Waals surface area contributed by atoms with Crippen molar-refractivity contribution < 1.29 is 39.0 Å². The molecule has 2 aromatic rings. The van der Waals surface area contributed by atoms with Crippen LogP contribution in [0.15, 0.2) is 30.5 Å². The predicted molar refractivity (Wildman–Crippen MR) is 130 cm³/mol. The van der Waals surface area contributed by atoms with E-state index in [9.17, 15) is 33.9 Å². The summed E-state index contributed by atoms with van der Waals surface area (Å²) in [5.74, 6) is -5.99. The molecule has 0 radical (unpaired) electrons. The lowest BCUT2D eigenvalue weighted by Crippen LogP contribution is -2.56. The number of amides is 4. The average molecular weight is 519 g/mol. The number of nitrogens with one attached hydrogen (secondary N) is 4. The molecule has 4 unspecified atom stereocenters. The van der Waals surface area contributed by atoms with Gasteiger partial charge in [-0.1, -0.05) is 18.2 Å². The van der Waals surface area contributed by atoms with Crippen molar-refractivity contribution in [2.45, 2.75) is 56.8 Å². The van der Waals surface area contributed by atoms with E-state index < -0.39 is 72.6 Å². The normalized spacial score (nSPS) is 14.1. The Hall–Kier alpha value is -4.46. The summed E-state index contributed by atoms with van der Waals surface area (Å²) in [5.41, 5.74) is 12.0. The second-order valence-corrected chi connectivity index (χ2v) is 8.46. The summed E-state index contributed by atoms with van der Waals surface area (Å²) in [7, 11) is 0. The summed E-state index contributed by atoms with van der Waals surface area (Å²) in [6, 6.07) is 1.96. The number of fused-ring (bicyclic) bond motifs is 1. The van der Waals surface area contributed by atoms with Crippen LogP contribution in [-0.2, 0) is 35.2 Å². The molecule has 0 fully saturated rings. The van der Waals surface area contributed by atoms with Gasteiger partial charge in [-0.3, -0.25) is 24.0 Å².